The van der Waals surface area contributed by atoms with Crippen molar-refractivity contribution in [3.8, 4) is 0 Å². The number of nitrogens with one attached hydrogen (secondary N) is 3. The van der Waals surface area contributed by atoms with Crippen molar-refractivity contribution in [2.24, 2.45) is 0 Å². The van der Waals surface area contributed by atoms with Crippen molar-refractivity contribution < 1.29 is 4.79 Å². The maximum atomic E-state index is 12.0. The molecule has 1 aromatic heterocycles. The number of H-pyrrole nitrogens is 1. The first-order valence-electron chi connectivity index (χ1n) is 6.36. The predicted molar refractivity (Wildman–Crippen MR) is 70.4 cm³/mol. The molecule has 1 aromatic rings. The summed E-state index contributed by atoms with van der Waals surface area (Å²) in [6.07, 6.45) is 5.03. The second kappa shape index (κ2) is 4.39. The highest BCUT2D eigenvalue weighted by atomic mass is 16.1. The minimum Gasteiger partial charge on any atom is -0.349 e. The maximum Gasteiger partial charge on any atom is 0.254 e. The summed E-state index contributed by atoms with van der Waals surface area (Å²) in [4.78, 5) is 12.0. The van der Waals surface area contributed by atoms with Gasteiger partial charge in [-0.3, -0.25) is 9.89 Å². The molecule has 1 amide bonds. The fraction of sp³-hybridized carbons (Fsp3) is 0.692. The van der Waals surface area contributed by atoms with Gasteiger partial charge >= 0.3 is 0 Å². The van der Waals surface area contributed by atoms with Crippen molar-refractivity contribution in [1.29, 1.82) is 0 Å². The Hall–Kier alpha value is -1.36. The van der Waals surface area contributed by atoms with E-state index in [-0.39, 0.29) is 23.0 Å². The van der Waals surface area contributed by atoms with Gasteiger partial charge in [-0.1, -0.05) is 0 Å². The molecule has 1 fully saturated rings. The number of hydrogen-bond acceptors (Lipinski definition) is 3. The molecule has 0 saturated carbocycles. The zero-order valence-electron chi connectivity index (χ0n) is 11.5. The topological polar surface area (TPSA) is 69.8 Å². The Morgan fingerprint density at radius 3 is 2.44 bits per heavy atom. The van der Waals surface area contributed by atoms with Crippen LogP contribution in [-0.4, -0.2) is 33.2 Å². The molecule has 1 aliphatic heterocycles. The number of nitrogens with zero attached hydrogens (tertiary/aromatic N) is 1. The molecule has 0 unspecified atom stereocenters. The molecular formula is C13H22N4O. The number of amides is 1. The third kappa shape index (κ3) is 3.10. The lowest BCUT2D eigenvalue weighted by Crippen LogP contribution is -2.62. The van der Waals surface area contributed by atoms with Crippen molar-refractivity contribution in [2.75, 3.05) is 0 Å². The normalized spacial score (nSPS) is 22.7. The minimum absolute atomic E-state index is 0.0378. The molecule has 0 radical (unpaired) electrons. The predicted octanol–water partition coefficient (Wildman–Crippen LogP) is 1.45. The van der Waals surface area contributed by atoms with Gasteiger partial charge in [-0.25, -0.2) is 0 Å². The highest BCUT2D eigenvalue weighted by Gasteiger charge is 2.38. The van der Waals surface area contributed by atoms with Crippen molar-refractivity contribution in [3.05, 3.63) is 18.0 Å². The molecule has 0 spiro atoms. The van der Waals surface area contributed by atoms with Crippen LogP contribution in [-0.2, 0) is 0 Å². The van der Waals surface area contributed by atoms with Crippen LogP contribution in [0.2, 0.25) is 0 Å². The number of carbonyl (C=O) groups is 1. The molecule has 0 bridgehead atoms. The van der Waals surface area contributed by atoms with Gasteiger partial charge in [-0.15, -0.1) is 0 Å². The van der Waals surface area contributed by atoms with E-state index in [9.17, 15) is 4.79 Å². The van der Waals surface area contributed by atoms with Crippen LogP contribution in [0.25, 0.3) is 0 Å². The summed E-state index contributed by atoms with van der Waals surface area (Å²) in [5, 5.41) is 13.1. The van der Waals surface area contributed by atoms with E-state index in [1.54, 1.807) is 12.4 Å². The van der Waals surface area contributed by atoms with Gasteiger partial charge in [0.05, 0.1) is 11.8 Å². The lowest BCUT2D eigenvalue weighted by atomic mass is 9.79. The van der Waals surface area contributed by atoms with E-state index in [4.69, 9.17) is 0 Å². The molecule has 5 heteroatoms. The fourth-order valence-corrected chi connectivity index (χ4v) is 3.07. The first-order valence-corrected chi connectivity index (χ1v) is 6.36. The van der Waals surface area contributed by atoms with Gasteiger partial charge in [0, 0.05) is 23.3 Å². The van der Waals surface area contributed by atoms with E-state index in [1.807, 2.05) is 0 Å². The van der Waals surface area contributed by atoms with Crippen molar-refractivity contribution in [1.82, 2.24) is 20.8 Å². The molecule has 0 atom stereocenters. The second-order valence-electron chi connectivity index (χ2n) is 6.46. The SMILES string of the molecule is CC1(C)CC(NC(=O)c2cn[nH]c2)CC(C)(C)N1. The van der Waals surface area contributed by atoms with E-state index in [1.165, 1.54) is 0 Å². The van der Waals surface area contributed by atoms with Gasteiger partial charge in [0.1, 0.15) is 0 Å². The Morgan fingerprint density at radius 2 is 1.94 bits per heavy atom. The van der Waals surface area contributed by atoms with Gasteiger partial charge in [-0.05, 0) is 40.5 Å². The molecule has 1 aliphatic rings. The number of carbonyl (C=O) groups excluding carboxylic acids is 1. The van der Waals surface area contributed by atoms with E-state index < -0.39 is 0 Å². The third-order valence-electron chi connectivity index (χ3n) is 3.29. The summed E-state index contributed by atoms with van der Waals surface area (Å²) in [7, 11) is 0. The summed E-state index contributed by atoms with van der Waals surface area (Å²) < 4.78 is 0. The highest BCUT2D eigenvalue weighted by Crippen LogP contribution is 2.28. The summed E-state index contributed by atoms with van der Waals surface area (Å²) >= 11 is 0. The Balaban J connectivity index is 2.03. The molecule has 3 N–H and O–H groups in total. The summed E-state index contributed by atoms with van der Waals surface area (Å²) in [5.41, 5.74) is 0.663. The average molecular weight is 250 g/mol. The van der Waals surface area contributed by atoms with Crippen molar-refractivity contribution >= 4 is 5.91 Å². The molecule has 2 heterocycles. The van der Waals surface area contributed by atoms with Crippen LogP contribution < -0.4 is 10.6 Å². The van der Waals surface area contributed by atoms with E-state index >= 15 is 0 Å². The first kappa shape index (κ1) is 13.1. The lowest BCUT2D eigenvalue weighted by molar-refractivity contribution is 0.0873. The quantitative estimate of drug-likeness (QED) is 0.744. The van der Waals surface area contributed by atoms with Gasteiger partial charge in [0.15, 0.2) is 0 Å². The van der Waals surface area contributed by atoms with Crippen LogP contribution in [0.4, 0.5) is 0 Å². The Kier molecular flexibility index (Phi) is 3.19. The molecule has 0 aliphatic carbocycles. The van der Waals surface area contributed by atoms with E-state index in [0.717, 1.165) is 12.8 Å². The second-order valence-corrected chi connectivity index (χ2v) is 6.46. The third-order valence-corrected chi connectivity index (χ3v) is 3.29. The molecule has 18 heavy (non-hydrogen) atoms. The van der Waals surface area contributed by atoms with E-state index in [0.29, 0.717) is 5.56 Å². The standard InChI is InChI=1S/C13H22N4O/c1-12(2)5-10(6-13(3,4)17-12)16-11(18)9-7-14-15-8-9/h7-8,10,17H,5-6H2,1-4H3,(H,14,15)(H,16,18). The van der Waals surface area contributed by atoms with Crippen LogP contribution in [0, 0.1) is 0 Å². The molecule has 5 nitrogen and oxygen atoms in total. The smallest absolute Gasteiger partial charge is 0.254 e. The van der Waals surface area contributed by atoms with Crippen LogP contribution in [0.1, 0.15) is 50.9 Å². The highest BCUT2D eigenvalue weighted by molar-refractivity contribution is 5.93. The summed E-state index contributed by atoms with van der Waals surface area (Å²) in [5.74, 6) is -0.0535. The molecular weight excluding hydrogens is 228 g/mol. The minimum atomic E-state index is -0.0535. The van der Waals surface area contributed by atoms with Crippen LogP contribution in [0.5, 0.6) is 0 Å². The van der Waals surface area contributed by atoms with Crippen molar-refractivity contribution in [2.45, 2.75) is 57.7 Å². The largest absolute Gasteiger partial charge is 0.349 e. The van der Waals surface area contributed by atoms with Crippen LogP contribution in [0.15, 0.2) is 12.4 Å². The van der Waals surface area contributed by atoms with Crippen molar-refractivity contribution in [3.63, 3.8) is 0 Å². The fourth-order valence-electron chi connectivity index (χ4n) is 3.07. The summed E-state index contributed by atoms with van der Waals surface area (Å²) in [6.45, 7) is 8.69. The van der Waals surface area contributed by atoms with Gasteiger partial charge in [0.25, 0.3) is 5.91 Å². The molecule has 2 rings (SSSR count). The Bertz CT molecular complexity index is 406. The molecule has 0 aromatic carbocycles. The number of piperidine rings is 1. The Labute approximate surface area is 108 Å². The average Bonchev–Trinajstić information content (AvgIpc) is 2.63. The maximum absolute atomic E-state index is 12.0. The molecule has 100 valence electrons. The van der Waals surface area contributed by atoms with Crippen LogP contribution in [0.3, 0.4) is 0 Å². The zero-order chi connectivity index (χ0) is 13.4. The Morgan fingerprint density at radius 1 is 1.33 bits per heavy atom. The first-order chi connectivity index (χ1) is 8.27. The lowest BCUT2D eigenvalue weighted by Gasteiger charge is -2.46. The number of rotatable bonds is 2. The molecule has 1 saturated heterocycles. The van der Waals surface area contributed by atoms with Crippen LogP contribution >= 0.6 is 0 Å². The van der Waals surface area contributed by atoms with E-state index in [2.05, 4.69) is 48.5 Å². The van der Waals surface area contributed by atoms with Gasteiger partial charge in [-0.2, -0.15) is 5.10 Å². The number of hydrogen-bond donors (Lipinski definition) is 3. The summed E-state index contributed by atoms with van der Waals surface area (Å²) in [6, 6.07) is 0.193. The number of aromatic nitrogens is 2. The number of aromatic amines is 1. The van der Waals surface area contributed by atoms with Gasteiger partial charge in [0.2, 0.25) is 0 Å². The zero-order valence-corrected chi connectivity index (χ0v) is 11.5. The van der Waals surface area contributed by atoms with Gasteiger partial charge < -0.3 is 10.6 Å². The monoisotopic (exact) mass is 250 g/mol.